The minimum Gasteiger partial charge on any atom is -0.343 e. The Kier molecular flexibility index (Phi) is 10.1. The number of carbonyl (C=O) groups excluding carboxylic acids is 2. The third-order valence-corrected chi connectivity index (χ3v) is 11.6. The molecule has 1 saturated heterocycles. The van der Waals surface area contributed by atoms with Crippen molar-refractivity contribution in [2.75, 3.05) is 25.0 Å². The topological polar surface area (TPSA) is 120 Å². The number of nitrogens with zero attached hydrogens (tertiary/aromatic N) is 2. The number of halogens is 4. The molecular formula is C34H37F4N5O4S. The van der Waals surface area contributed by atoms with E-state index in [0.29, 0.717) is 44.1 Å². The van der Waals surface area contributed by atoms with Crippen molar-refractivity contribution < 1.29 is 35.6 Å². The van der Waals surface area contributed by atoms with Crippen LogP contribution in [0.2, 0.25) is 0 Å². The number of hydrogen-bond acceptors (Lipinski definition) is 6. The molecule has 3 aromatic rings. The van der Waals surface area contributed by atoms with Crippen LogP contribution in [0.1, 0.15) is 61.1 Å². The highest BCUT2D eigenvalue weighted by atomic mass is 32.2. The van der Waals surface area contributed by atoms with Gasteiger partial charge in [0.25, 0.3) is 0 Å². The number of carbonyl (C=O) groups is 2. The Morgan fingerprint density at radius 3 is 2.31 bits per heavy atom. The van der Waals surface area contributed by atoms with Gasteiger partial charge in [-0.3, -0.25) is 14.6 Å². The van der Waals surface area contributed by atoms with Crippen molar-refractivity contribution in [3.63, 3.8) is 0 Å². The second-order valence-corrected chi connectivity index (χ2v) is 15.0. The lowest BCUT2D eigenvalue weighted by Crippen LogP contribution is -2.54. The SMILES string of the molecule is O=C(CC1CC1)NC(C(=O)Nc1cncc(F)c1CC[C@H]1CNCCN1S(=O)(=O)C1CC1)C(c1ccc(F)cc1)c1cc(F)cc(F)c1. The van der Waals surface area contributed by atoms with Crippen molar-refractivity contribution in [1.82, 2.24) is 19.9 Å². The number of anilines is 1. The summed E-state index contributed by atoms with van der Waals surface area (Å²) in [5.41, 5.74) is 0.411. The number of piperazine rings is 1. The standard InChI is InChI=1S/C34H37F4N5O4S/c35-23-5-3-21(4-6-23)32(22-14-24(36)16-25(37)15-22)33(42-31(44)13-20-1-2-20)34(45)41-30-19-40-18-29(38)28(30)10-7-26-17-39-11-12-43(26)48(46,47)27-8-9-27/h3-6,14-16,18-20,26-27,32-33,39H,1-2,7-13,17H2,(H,41,45)(H,42,44)/t26-,32?,33?/m0/s1. The zero-order valence-corrected chi connectivity index (χ0v) is 26.9. The molecular weight excluding hydrogens is 650 g/mol. The number of sulfonamides is 1. The lowest BCUT2D eigenvalue weighted by Gasteiger charge is -2.35. The first-order valence-corrected chi connectivity index (χ1v) is 17.7. The summed E-state index contributed by atoms with van der Waals surface area (Å²) in [5.74, 6) is -5.40. The van der Waals surface area contributed by atoms with E-state index in [0.717, 1.165) is 43.3 Å². The molecule has 6 rings (SSSR count). The van der Waals surface area contributed by atoms with Gasteiger partial charge in [-0.05, 0) is 79.8 Å². The van der Waals surface area contributed by atoms with Crippen molar-refractivity contribution in [3.05, 3.63) is 94.8 Å². The molecule has 2 amide bonds. The van der Waals surface area contributed by atoms with Crippen molar-refractivity contribution >= 4 is 27.5 Å². The predicted octanol–water partition coefficient (Wildman–Crippen LogP) is 4.39. The molecule has 256 valence electrons. The Hall–Kier alpha value is -3.88. The van der Waals surface area contributed by atoms with E-state index < -0.39 is 68.4 Å². The average molecular weight is 688 g/mol. The first-order valence-electron chi connectivity index (χ1n) is 16.1. The van der Waals surface area contributed by atoms with E-state index >= 15 is 4.39 Å². The van der Waals surface area contributed by atoms with Gasteiger partial charge in [-0.1, -0.05) is 12.1 Å². The molecule has 2 aliphatic carbocycles. The van der Waals surface area contributed by atoms with Crippen LogP contribution in [-0.4, -0.2) is 66.5 Å². The molecule has 0 radical (unpaired) electrons. The Bertz CT molecular complexity index is 1750. The summed E-state index contributed by atoms with van der Waals surface area (Å²) in [4.78, 5) is 31.2. The highest BCUT2D eigenvalue weighted by Crippen LogP contribution is 2.35. The maximum Gasteiger partial charge on any atom is 0.247 e. The van der Waals surface area contributed by atoms with Gasteiger partial charge < -0.3 is 16.0 Å². The minimum atomic E-state index is -3.48. The molecule has 9 nitrogen and oxygen atoms in total. The molecule has 3 fully saturated rings. The average Bonchev–Trinajstić information content (AvgIpc) is 3.97. The normalized spacial score (nSPS) is 19.8. The Morgan fingerprint density at radius 2 is 1.65 bits per heavy atom. The monoisotopic (exact) mass is 687 g/mol. The smallest absolute Gasteiger partial charge is 0.247 e. The van der Waals surface area contributed by atoms with E-state index in [1.165, 1.54) is 22.6 Å². The van der Waals surface area contributed by atoms with Crippen LogP contribution < -0.4 is 16.0 Å². The first kappa shape index (κ1) is 34.0. The highest BCUT2D eigenvalue weighted by molar-refractivity contribution is 7.90. The molecule has 0 spiro atoms. The molecule has 1 aliphatic heterocycles. The number of benzene rings is 2. The number of pyridine rings is 1. The number of nitrogens with one attached hydrogen (secondary N) is 3. The molecule has 14 heteroatoms. The quantitative estimate of drug-likeness (QED) is 0.230. The maximum atomic E-state index is 15.4. The molecule has 3 N–H and O–H groups in total. The zero-order valence-electron chi connectivity index (χ0n) is 26.1. The molecule has 2 aromatic carbocycles. The molecule has 3 aliphatic rings. The molecule has 3 atom stereocenters. The van der Waals surface area contributed by atoms with Crippen LogP contribution in [-0.2, 0) is 26.0 Å². The summed E-state index contributed by atoms with van der Waals surface area (Å²) in [6.45, 7) is 1.20. The number of rotatable bonds is 13. The third kappa shape index (κ3) is 8.04. The molecule has 2 heterocycles. The minimum absolute atomic E-state index is 0.00471. The molecule has 1 aromatic heterocycles. The van der Waals surface area contributed by atoms with E-state index in [9.17, 15) is 31.2 Å². The van der Waals surface area contributed by atoms with E-state index in [1.54, 1.807) is 0 Å². The van der Waals surface area contributed by atoms with Crippen LogP contribution >= 0.6 is 0 Å². The van der Waals surface area contributed by atoms with Crippen molar-refractivity contribution in [2.24, 2.45) is 5.92 Å². The Morgan fingerprint density at radius 1 is 0.938 bits per heavy atom. The summed E-state index contributed by atoms with van der Waals surface area (Å²) in [5, 5.41) is 8.22. The Balaban J connectivity index is 1.30. The fourth-order valence-electron chi connectivity index (χ4n) is 6.34. The van der Waals surface area contributed by atoms with Gasteiger partial charge in [0.2, 0.25) is 21.8 Å². The fourth-order valence-corrected chi connectivity index (χ4v) is 8.40. The van der Waals surface area contributed by atoms with Gasteiger partial charge in [0.15, 0.2) is 0 Å². The van der Waals surface area contributed by atoms with Crippen molar-refractivity contribution in [2.45, 2.75) is 68.2 Å². The van der Waals surface area contributed by atoms with Crippen molar-refractivity contribution in [1.29, 1.82) is 0 Å². The van der Waals surface area contributed by atoms with E-state index in [1.807, 2.05) is 0 Å². The zero-order chi connectivity index (χ0) is 34.0. The van der Waals surface area contributed by atoms with Gasteiger partial charge in [-0.15, -0.1) is 0 Å². The van der Waals surface area contributed by atoms with E-state index in [4.69, 9.17) is 0 Å². The van der Waals surface area contributed by atoms with Gasteiger partial charge in [0.05, 0.1) is 23.3 Å². The molecule has 2 unspecified atom stereocenters. The number of amides is 2. The second-order valence-electron chi connectivity index (χ2n) is 12.8. The largest absolute Gasteiger partial charge is 0.343 e. The summed E-state index contributed by atoms with van der Waals surface area (Å²) in [6.07, 6.45) is 5.65. The first-order chi connectivity index (χ1) is 23.0. The molecule has 0 bridgehead atoms. The van der Waals surface area contributed by atoms with E-state index in [2.05, 4.69) is 20.9 Å². The number of aromatic nitrogens is 1. The summed E-state index contributed by atoms with van der Waals surface area (Å²) >= 11 is 0. The van der Waals surface area contributed by atoms with Crippen molar-refractivity contribution in [3.8, 4) is 0 Å². The van der Waals surface area contributed by atoms with Gasteiger partial charge in [-0.2, -0.15) is 4.31 Å². The van der Waals surface area contributed by atoms with Crippen LogP contribution in [0.15, 0.2) is 54.9 Å². The van der Waals surface area contributed by atoms with Crippen LogP contribution in [0, 0.1) is 29.2 Å². The van der Waals surface area contributed by atoms with Gasteiger partial charge in [0, 0.05) is 49.6 Å². The van der Waals surface area contributed by atoms with Crippen LogP contribution in [0.25, 0.3) is 0 Å². The van der Waals surface area contributed by atoms with Crippen LogP contribution in [0.5, 0.6) is 0 Å². The fraction of sp³-hybridized carbons (Fsp3) is 0.441. The third-order valence-electron chi connectivity index (χ3n) is 9.14. The number of hydrogen-bond donors (Lipinski definition) is 3. The van der Waals surface area contributed by atoms with E-state index in [-0.39, 0.29) is 42.0 Å². The van der Waals surface area contributed by atoms with Gasteiger partial charge >= 0.3 is 0 Å². The summed E-state index contributed by atoms with van der Waals surface area (Å²) in [7, 11) is -3.48. The maximum absolute atomic E-state index is 15.4. The Labute approximate surface area is 276 Å². The van der Waals surface area contributed by atoms with Crippen LogP contribution in [0.3, 0.4) is 0 Å². The second kappa shape index (κ2) is 14.3. The predicted molar refractivity (Wildman–Crippen MR) is 170 cm³/mol. The van der Waals surface area contributed by atoms with Gasteiger partial charge in [0.1, 0.15) is 29.3 Å². The lowest BCUT2D eigenvalue weighted by molar-refractivity contribution is -0.127. The van der Waals surface area contributed by atoms with Gasteiger partial charge in [-0.25, -0.2) is 26.0 Å². The van der Waals surface area contributed by atoms with Crippen LogP contribution in [0.4, 0.5) is 23.2 Å². The summed E-state index contributed by atoms with van der Waals surface area (Å²) in [6, 6.07) is 5.88. The molecule has 2 saturated carbocycles. The highest BCUT2D eigenvalue weighted by Gasteiger charge is 2.43. The molecule has 48 heavy (non-hydrogen) atoms. The lowest BCUT2D eigenvalue weighted by atomic mass is 9.84. The summed E-state index contributed by atoms with van der Waals surface area (Å²) < 4.78 is 86.0.